The minimum Gasteiger partial charge on any atom is -0.461 e. The molecule has 0 aromatic heterocycles. The van der Waals surface area contributed by atoms with E-state index in [2.05, 4.69) is 42.5 Å². The number of thiocarbonyl (C=S) groups is 1. The van der Waals surface area contributed by atoms with Crippen LogP contribution in [0.15, 0.2) is 68.7 Å². The predicted molar refractivity (Wildman–Crippen MR) is 118 cm³/mol. The van der Waals surface area contributed by atoms with Crippen molar-refractivity contribution in [3.8, 4) is 0 Å². The third kappa shape index (κ3) is 4.51. The molecule has 2 aromatic carbocycles. The van der Waals surface area contributed by atoms with E-state index in [4.69, 9.17) is 17.0 Å². The molecule has 144 valence electrons. The number of rotatable bonds is 5. The molecule has 28 heavy (non-hydrogen) atoms. The zero-order chi connectivity index (χ0) is 20.3. The molecular weight excluding hydrogens is 508 g/mol. The molecule has 5 nitrogen and oxygen atoms in total. The highest BCUT2D eigenvalue weighted by atomic mass is 79.9. The first-order valence-corrected chi connectivity index (χ1v) is 10.4. The maximum absolute atomic E-state index is 13.4. The first kappa shape index (κ1) is 20.7. The Hall–Kier alpha value is -2.03. The van der Waals surface area contributed by atoms with Crippen molar-refractivity contribution < 1.29 is 14.3 Å². The molecule has 1 unspecified atom stereocenters. The van der Waals surface area contributed by atoms with E-state index in [9.17, 15) is 9.59 Å². The second kappa shape index (κ2) is 8.98. The van der Waals surface area contributed by atoms with E-state index in [1.807, 2.05) is 24.3 Å². The summed E-state index contributed by atoms with van der Waals surface area (Å²) in [4.78, 5) is 26.0. The van der Waals surface area contributed by atoms with Crippen LogP contribution >= 0.6 is 44.1 Å². The van der Waals surface area contributed by atoms with E-state index in [-0.39, 0.29) is 28.8 Å². The van der Waals surface area contributed by atoms with Crippen LogP contribution < -0.4 is 10.6 Å². The maximum Gasteiger partial charge on any atom is 0.355 e. The van der Waals surface area contributed by atoms with Crippen LogP contribution in [0.4, 0.5) is 0 Å². The zero-order valence-electron chi connectivity index (χ0n) is 14.8. The van der Waals surface area contributed by atoms with E-state index >= 15 is 0 Å². The number of benzene rings is 2. The summed E-state index contributed by atoms with van der Waals surface area (Å²) in [6, 6.07) is 13.9. The smallest absolute Gasteiger partial charge is 0.355 e. The SMILES string of the molecule is CCOC(=O)C1=C(C(=O)c2ccc(Br)cc2)C(c2ccc(Br)cc2)NC(=S)N1. The molecule has 1 aliphatic heterocycles. The average molecular weight is 524 g/mol. The van der Waals surface area contributed by atoms with Crippen molar-refractivity contribution in [1.29, 1.82) is 0 Å². The van der Waals surface area contributed by atoms with E-state index in [0.717, 1.165) is 14.5 Å². The fourth-order valence-electron chi connectivity index (χ4n) is 2.84. The lowest BCUT2D eigenvalue weighted by Gasteiger charge is -2.30. The minimum atomic E-state index is -0.617. The maximum atomic E-state index is 13.4. The van der Waals surface area contributed by atoms with Crippen LogP contribution in [0.25, 0.3) is 0 Å². The Labute approximate surface area is 184 Å². The van der Waals surface area contributed by atoms with Gasteiger partial charge < -0.3 is 15.4 Å². The Kier molecular flexibility index (Phi) is 6.64. The molecular formula is C20H16Br2N2O3S. The molecule has 0 spiro atoms. The molecule has 0 saturated heterocycles. The van der Waals surface area contributed by atoms with Crippen molar-refractivity contribution in [1.82, 2.24) is 10.6 Å². The Morgan fingerprint density at radius 3 is 2.18 bits per heavy atom. The summed E-state index contributed by atoms with van der Waals surface area (Å²) in [5.74, 6) is -0.903. The van der Waals surface area contributed by atoms with Crippen molar-refractivity contribution >= 4 is 60.9 Å². The topological polar surface area (TPSA) is 67.4 Å². The van der Waals surface area contributed by atoms with Crippen LogP contribution in [0.5, 0.6) is 0 Å². The molecule has 0 fully saturated rings. The van der Waals surface area contributed by atoms with E-state index in [1.165, 1.54) is 0 Å². The van der Waals surface area contributed by atoms with Gasteiger partial charge in [0, 0.05) is 14.5 Å². The molecule has 3 rings (SSSR count). The van der Waals surface area contributed by atoms with Crippen LogP contribution in [-0.4, -0.2) is 23.5 Å². The highest BCUT2D eigenvalue weighted by Crippen LogP contribution is 2.31. The van der Waals surface area contributed by atoms with Crippen LogP contribution in [0, 0.1) is 0 Å². The second-order valence-corrected chi connectivity index (χ2v) is 8.17. The van der Waals surface area contributed by atoms with Gasteiger partial charge in [0.05, 0.1) is 18.2 Å². The summed E-state index contributed by atoms with van der Waals surface area (Å²) in [6.07, 6.45) is 0. The Morgan fingerprint density at radius 2 is 1.61 bits per heavy atom. The van der Waals surface area contributed by atoms with Gasteiger partial charge in [-0.3, -0.25) is 4.79 Å². The standard InChI is InChI=1S/C20H16Br2N2O3S/c1-2-27-19(26)17-15(18(25)12-5-9-14(22)10-6-12)16(23-20(28)24-17)11-3-7-13(21)8-4-11/h3-10,16H,2H2,1H3,(H2,23,24,28). The first-order valence-electron chi connectivity index (χ1n) is 8.45. The molecule has 8 heteroatoms. The monoisotopic (exact) mass is 522 g/mol. The highest BCUT2D eigenvalue weighted by molar-refractivity contribution is 9.10. The number of hydrogen-bond acceptors (Lipinski definition) is 4. The number of nitrogens with one attached hydrogen (secondary N) is 2. The van der Waals surface area contributed by atoms with Gasteiger partial charge in [0.25, 0.3) is 0 Å². The summed E-state index contributed by atoms with van der Waals surface area (Å²) in [5.41, 5.74) is 1.58. The largest absolute Gasteiger partial charge is 0.461 e. The van der Waals surface area contributed by atoms with Crippen molar-refractivity contribution in [3.05, 3.63) is 79.9 Å². The lowest BCUT2D eigenvalue weighted by molar-refractivity contribution is -0.138. The van der Waals surface area contributed by atoms with Crippen molar-refractivity contribution in [2.75, 3.05) is 6.61 Å². The third-order valence-electron chi connectivity index (χ3n) is 4.11. The summed E-state index contributed by atoms with van der Waals surface area (Å²) in [7, 11) is 0. The van der Waals surface area contributed by atoms with Gasteiger partial charge in [-0.05, 0) is 61.1 Å². The summed E-state index contributed by atoms with van der Waals surface area (Å²) in [5, 5.41) is 6.16. The van der Waals surface area contributed by atoms with Gasteiger partial charge in [0.15, 0.2) is 10.9 Å². The van der Waals surface area contributed by atoms with Gasteiger partial charge in [-0.25, -0.2) is 4.79 Å². The normalized spacial score (nSPS) is 16.2. The lowest BCUT2D eigenvalue weighted by Crippen LogP contribution is -2.47. The summed E-state index contributed by atoms with van der Waals surface area (Å²) < 4.78 is 6.92. The Balaban J connectivity index is 2.15. The molecule has 1 heterocycles. The molecule has 0 amide bonds. The van der Waals surface area contributed by atoms with E-state index < -0.39 is 12.0 Å². The molecule has 0 aliphatic carbocycles. The lowest BCUT2D eigenvalue weighted by atomic mass is 9.89. The van der Waals surface area contributed by atoms with Crippen LogP contribution in [-0.2, 0) is 9.53 Å². The number of hydrogen-bond donors (Lipinski definition) is 2. The van der Waals surface area contributed by atoms with Crippen molar-refractivity contribution in [3.63, 3.8) is 0 Å². The fraction of sp³-hybridized carbons (Fsp3) is 0.150. The number of halogens is 2. The second-order valence-electron chi connectivity index (χ2n) is 5.93. The fourth-order valence-corrected chi connectivity index (χ4v) is 3.58. The number of esters is 1. The molecule has 1 aliphatic rings. The van der Waals surface area contributed by atoms with Gasteiger partial charge in [0.1, 0.15) is 5.70 Å². The molecule has 2 aromatic rings. The Bertz CT molecular complexity index is 956. The van der Waals surface area contributed by atoms with Gasteiger partial charge in [-0.2, -0.15) is 0 Å². The quantitative estimate of drug-likeness (QED) is 0.343. The number of Topliss-reactive ketones (excluding diaryl/α,β-unsaturated/α-hetero) is 1. The number of ketones is 1. The number of carbonyl (C=O) groups excluding carboxylic acids is 2. The molecule has 0 bridgehead atoms. The average Bonchev–Trinajstić information content (AvgIpc) is 2.68. The molecule has 0 saturated carbocycles. The molecule has 2 N–H and O–H groups in total. The van der Waals surface area contributed by atoms with Crippen LogP contribution in [0.2, 0.25) is 0 Å². The van der Waals surface area contributed by atoms with Crippen LogP contribution in [0.3, 0.4) is 0 Å². The summed E-state index contributed by atoms with van der Waals surface area (Å²) in [6.45, 7) is 1.90. The summed E-state index contributed by atoms with van der Waals surface area (Å²) >= 11 is 12.0. The van der Waals surface area contributed by atoms with Gasteiger partial charge in [0.2, 0.25) is 0 Å². The van der Waals surface area contributed by atoms with Gasteiger partial charge in [-0.15, -0.1) is 0 Å². The first-order chi connectivity index (χ1) is 13.4. The van der Waals surface area contributed by atoms with Crippen LogP contribution in [0.1, 0.15) is 28.9 Å². The van der Waals surface area contributed by atoms with Gasteiger partial charge >= 0.3 is 5.97 Å². The highest BCUT2D eigenvalue weighted by Gasteiger charge is 2.35. The van der Waals surface area contributed by atoms with E-state index in [0.29, 0.717) is 5.56 Å². The zero-order valence-corrected chi connectivity index (χ0v) is 18.8. The predicted octanol–water partition coefficient (Wildman–Crippen LogP) is 4.43. The number of carbonyl (C=O) groups is 2. The van der Waals surface area contributed by atoms with Crippen molar-refractivity contribution in [2.24, 2.45) is 0 Å². The molecule has 1 atom stereocenters. The minimum absolute atomic E-state index is 0.0615. The van der Waals surface area contributed by atoms with Crippen molar-refractivity contribution in [2.45, 2.75) is 13.0 Å². The number of ether oxygens (including phenoxy) is 1. The van der Waals surface area contributed by atoms with E-state index in [1.54, 1.807) is 31.2 Å². The van der Waals surface area contributed by atoms with Gasteiger partial charge in [-0.1, -0.05) is 44.0 Å². The Morgan fingerprint density at radius 1 is 1.04 bits per heavy atom. The molecule has 0 radical (unpaired) electrons. The third-order valence-corrected chi connectivity index (χ3v) is 5.38.